The first-order valence-corrected chi connectivity index (χ1v) is 22.4. The van der Waals surface area contributed by atoms with Crippen LogP contribution in [-0.2, 0) is 27.9 Å². The average Bonchev–Trinajstić information content (AvgIpc) is 3.11. The maximum Gasteiger partial charge on any atom is 0.472 e. The zero-order valence-electron chi connectivity index (χ0n) is 32.6. The third kappa shape index (κ3) is 38.1. The van der Waals surface area contributed by atoms with E-state index in [0.717, 1.165) is 32.1 Å². The Morgan fingerprint density at radius 1 is 0.600 bits per heavy atom. The van der Waals surface area contributed by atoms with Gasteiger partial charge in [-0.1, -0.05) is 161 Å². The summed E-state index contributed by atoms with van der Waals surface area (Å²) in [7, 11) is -4.26. The lowest BCUT2D eigenvalue weighted by molar-refractivity contribution is -0.147. The predicted molar refractivity (Wildman–Crippen MR) is 210 cm³/mol. The quantitative estimate of drug-likeness (QED) is 0.0210. The van der Waals surface area contributed by atoms with E-state index in [1.54, 1.807) is 6.26 Å². The fraction of sp³-hybridized carbons (Fsp3) is 0.878. The number of phosphoric ester groups is 1. The molecule has 0 bridgehead atoms. The van der Waals surface area contributed by atoms with Crippen LogP contribution < -0.4 is 5.73 Å². The Labute approximate surface area is 308 Å². The minimum Gasteiger partial charge on any atom is -0.492 e. The minimum absolute atomic E-state index is 0.0634. The maximum absolute atomic E-state index is 12.4. The molecule has 0 aliphatic heterocycles. The van der Waals surface area contributed by atoms with Crippen LogP contribution >= 0.6 is 7.82 Å². The molecule has 50 heavy (non-hydrogen) atoms. The highest BCUT2D eigenvalue weighted by molar-refractivity contribution is 7.47. The van der Waals surface area contributed by atoms with Gasteiger partial charge < -0.3 is 20.1 Å². The first-order valence-electron chi connectivity index (χ1n) is 20.9. The van der Waals surface area contributed by atoms with Crippen LogP contribution in [0, 0.1) is 0 Å². The van der Waals surface area contributed by atoms with Crippen molar-refractivity contribution >= 4 is 13.8 Å². The number of phosphoric acid groups is 1. The number of unbranched alkanes of at least 4 members (excludes halogenated alkanes) is 25. The molecule has 0 radical (unpaired) electrons. The van der Waals surface area contributed by atoms with E-state index in [-0.39, 0.29) is 32.3 Å². The normalized spacial score (nSPS) is 13.7. The Morgan fingerprint density at radius 2 is 1.02 bits per heavy atom. The number of hydrogen-bond donors (Lipinski definition) is 2. The van der Waals surface area contributed by atoms with E-state index in [4.69, 9.17) is 24.3 Å². The molecule has 296 valence electrons. The number of hydrogen-bond acceptors (Lipinski definition) is 7. The third-order valence-electron chi connectivity index (χ3n) is 8.96. The SMILES string of the molecule is CCCCCCCC/C=C\CCCCCCCCCC(=O)OC[C@H](COP(=O)(O)OCCN)O/C=C\CCCCCCCCCCCCCC. The van der Waals surface area contributed by atoms with Crippen molar-refractivity contribution in [2.75, 3.05) is 26.4 Å². The smallest absolute Gasteiger partial charge is 0.472 e. The molecule has 0 aromatic rings. The van der Waals surface area contributed by atoms with Crippen LogP contribution in [0.1, 0.15) is 200 Å². The summed E-state index contributed by atoms with van der Waals surface area (Å²) in [5, 5.41) is 0. The van der Waals surface area contributed by atoms with Crippen molar-refractivity contribution in [1.82, 2.24) is 0 Å². The Kier molecular flexibility index (Phi) is 38.1. The topological polar surface area (TPSA) is 117 Å². The Bertz CT molecular complexity index is 823. The van der Waals surface area contributed by atoms with E-state index >= 15 is 0 Å². The monoisotopic (exact) mass is 730 g/mol. The second kappa shape index (κ2) is 39.0. The van der Waals surface area contributed by atoms with E-state index in [9.17, 15) is 14.3 Å². The molecule has 0 heterocycles. The van der Waals surface area contributed by atoms with Crippen molar-refractivity contribution in [3.8, 4) is 0 Å². The van der Waals surface area contributed by atoms with E-state index < -0.39 is 13.9 Å². The molecule has 1 unspecified atom stereocenters. The van der Waals surface area contributed by atoms with Gasteiger partial charge in [0.1, 0.15) is 6.61 Å². The highest BCUT2D eigenvalue weighted by Crippen LogP contribution is 2.43. The molecule has 9 heteroatoms. The van der Waals surface area contributed by atoms with Crippen LogP contribution in [0.3, 0.4) is 0 Å². The lowest BCUT2D eigenvalue weighted by Gasteiger charge is -2.19. The fourth-order valence-electron chi connectivity index (χ4n) is 5.80. The third-order valence-corrected chi connectivity index (χ3v) is 9.94. The molecule has 0 rings (SSSR count). The number of ether oxygens (including phenoxy) is 2. The second-order valence-electron chi connectivity index (χ2n) is 13.9. The van der Waals surface area contributed by atoms with E-state index in [0.29, 0.717) is 6.42 Å². The summed E-state index contributed by atoms with van der Waals surface area (Å²) in [6.07, 6.45) is 42.9. The zero-order chi connectivity index (χ0) is 36.6. The Hall–Kier alpha value is -1.18. The van der Waals surface area contributed by atoms with E-state index in [1.165, 1.54) is 148 Å². The summed E-state index contributed by atoms with van der Waals surface area (Å²) in [5.41, 5.74) is 5.36. The summed E-state index contributed by atoms with van der Waals surface area (Å²) in [4.78, 5) is 22.2. The van der Waals surface area contributed by atoms with Gasteiger partial charge in [0.15, 0.2) is 6.10 Å². The number of esters is 1. The van der Waals surface area contributed by atoms with Crippen molar-refractivity contribution in [3.63, 3.8) is 0 Å². The average molecular weight is 730 g/mol. The van der Waals surface area contributed by atoms with Gasteiger partial charge in [-0.2, -0.15) is 0 Å². The summed E-state index contributed by atoms with van der Waals surface area (Å²) in [5.74, 6) is -0.293. The molecule has 0 aliphatic carbocycles. The van der Waals surface area contributed by atoms with Gasteiger partial charge in [-0.05, 0) is 51.0 Å². The first kappa shape index (κ1) is 48.8. The Morgan fingerprint density at radius 3 is 1.48 bits per heavy atom. The number of nitrogens with two attached hydrogens (primary N) is 1. The highest BCUT2D eigenvalue weighted by Gasteiger charge is 2.24. The summed E-state index contributed by atoms with van der Waals surface area (Å²) < 4.78 is 33.1. The molecule has 2 atom stereocenters. The summed E-state index contributed by atoms with van der Waals surface area (Å²) in [6, 6.07) is 0. The first-order chi connectivity index (χ1) is 24.4. The van der Waals surface area contributed by atoms with Gasteiger partial charge in [0.25, 0.3) is 0 Å². The fourth-order valence-corrected chi connectivity index (χ4v) is 6.56. The van der Waals surface area contributed by atoms with Crippen LogP contribution in [0.2, 0.25) is 0 Å². The van der Waals surface area contributed by atoms with Crippen molar-refractivity contribution < 1.29 is 32.8 Å². The molecule has 0 aromatic heterocycles. The number of rotatable bonds is 40. The molecule has 0 aliphatic rings. The molecule has 0 saturated heterocycles. The van der Waals surface area contributed by atoms with Crippen LogP contribution in [0.25, 0.3) is 0 Å². The minimum atomic E-state index is -4.26. The molecular weight excluding hydrogens is 649 g/mol. The van der Waals surface area contributed by atoms with Crippen LogP contribution in [0.15, 0.2) is 24.5 Å². The molecule has 0 aromatic carbocycles. The summed E-state index contributed by atoms with van der Waals surface area (Å²) >= 11 is 0. The molecule has 0 saturated carbocycles. The van der Waals surface area contributed by atoms with Gasteiger partial charge in [0.05, 0.1) is 19.5 Å². The van der Waals surface area contributed by atoms with Gasteiger partial charge in [-0.25, -0.2) is 4.57 Å². The van der Waals surface area contributed by atoms with Crippen molar-refractivity contribution in [2.45, 2.75) is 206 Å². The largest absolute Gasteiger partial charge is 0.492 e. The van der Waals surface area contributed by atoms with Gasteiger partial charge >= 0.3 is 13.8 Å². The van der Waals surface area contributed by atoms with Gasteiger partial charge in [0, 0.05) is 13.0 Å². The Balaban J connectivity index is 4.07. The van der Waals surface area contributed by atoms with Gasteiger partial charge in [-0.15, -0.1) is 0 Å². The lowest BCUT2D eigenvalue weighted by atomic mass is 10.0. The van der Waals surface area contributed by atoms with E-state index in [1.807, 2.05) is 6.08 Å². The molecule has 0 amide bonds. The predicted octanol–water partition coefficient (Wildman–Crippen LogP) is 12.4. The summed E-state index contributed by atoms with van der Waals surface area (Å²) in [6.45, 7) is 4.22. The van der Waals surface area contributed by atoms with Gasteiger partial charge in [-0.3, -0.25) is 13.8 Å². The van der Waals surface area contributed by atoms with Crippen LogP contribution in [0.5, 0.6) is 0 Å². The van der Waals surface area contributed by atoms with Crippen LogP contribution in [-0.4, -0.2) is 43.3 Å². The number of carbonyl (C=O) groups is 1. The number of allylic oxidation sites excluding steroid dienone is 3. The molecule has 0 spiro atoms. The molecule has 0 fully saturated rings. The lowest BCUT2D eigenvalue weighted by Crippen LogP contribution is -2.25. The molecule has 8 nitrogen and oxygen atoms in total. The number of carbonyl (C=O) groups excluding carboxylic acids is 1. The van der Waals surface area contributed by atoms with E-state index in [2.05, 4.69) is 26.0 Å². The van der Waals surface area contributed by atoms with Crippen LogP contribution in [0.4, 0.5) is 0 Å². The second-order valence-corrected chi connectivity index (χ2v) is 15.4. The van der Waals surface area contributed by atoms with Crippen molar-refractivity contribution in [2.24, 2.45) is 5.73 Å². The highest BCUT2D eigenvalue weighted by atomic mass is 31.2. The standard InChI is InChI=1S/C41H80NO7P/c1-3-5-7-9-11-13-15-17-19-20-21-22-24-26-28-30-32-34-41(43)47-38-40(39-49-50(44,45)48-37-35-42)46-36-33-31-29-27-25-23-18-16-14-12-10-8-6-4-2/h17,19,33,36,40H,3-16,18,20-32,34-35,37-39,42H2,1-2H3,(H,44,45)/b19-17-,36-33-/t40-/m1/s1. The molecule has 3 N–H and O–H groups in total. The van der Waals surface area contributed by atoms with Crippen molar-refractivity contribution in [1.29, 1.82) is 0 Å². The van der Waals surface area contributed by atoms with Gasteiger partial charge in [0.2, 0.25) is 0 Å². The van der Waals surface area contributed by atoms with Crippen molar-refractivity contribution in [3.05, 3.63) is 24.5 Å². The maximum atomic E-state index is 12.4. The molecular formula is C41H80NO7P. The zero-order valence-corrected chi connectivity index (χ0v) is 33.5.